The minimum Gasteiger partial charge on any atom is -0.493 e. The maximum Gasteiger partial charge on any atom is 0.122 e. The molecule has 1 nitrogen and oxygen atoms in total. The smallest absolute Gasteiger partial charge is 0.122 e. The molecule has 1 heterocycles. The molecular weight excluding hydrogens is 240 g/mol. The summed E-state index contributed by atoms with van der Waals surface area (Å²) in [6.07, 6.45) is 1.14. The molecule has 2 heteroatoms. The van der Waals surface area contributed by atoms with Crippen LogP contribution < -0.4 is 4.74 Å². The highest BCUT2D eigenvalue weighted by molar-refractivity contribution is 9.10. The van der Waals surface area contributed by atoms with E-state index in [1.807, 2.05) is 6.07 Å². The highest BCUT2D eigenvalue weighted by Gasteiger charge is 2.23. The van der Waals surface area contributed by atoms with Crippen LogP contribution in [0.1, 0.15) is 31.7 Å². The first-order chi connectivity index (χ1) is 6.68. The fourth-order valence-electron chi connectivity index (χ4n) is 2.08. The second-order valence-electron chi connectivity index (χ2n) is 4.17. The van der Waals surface area contributed by atoms with Crippen LogP contribution in [0.5, 0.6) is 5.75 Å². The molecule has 0 amide bonds. The molecule has 1 unspecified atom stereocenters. The first-order valence-corrected chi connectivity index (χ1v) is 5.90. The average Bonchev–Trinajstić information content (AvgIpc) is 2.16. The maximum atomic E-state index is 5.64. The zero-order chi connectivity index (χ0) is 10.1. The van der Waals surface area contributed by atoms with Gasteiger partial charge in [0.1, 0.15) is 5.75 Å². The van der Waals surface area contributed by atoms with Crippen LogP contribution in [0.4, 0.5) is 0 Å². The Morgan fingerprint density at radius 1 is 1.43 bits per heavy atom. The van der Waals surface area contributed by atoms with Crippen LogP contribution in [0, 0.1) is 5.92 Å². The van der Waals surface area contributed by atoms with Gasteiger partial charge in [0, 0.05) is 4.47 Å². The van der Waals surface area contributed by atoms with Gasteiger partial charge < -0.3 is 4.74 Å². The summed E-state index contributed by atoms with van der Waals surface area (Å²) in [5.41, 5.74) is 1.36. The monoisotopic (exact) mass is 254 g/mol. The Kier molecular flexibility index (Phi) is 2.82. The number of ether oxygens (including phenoxy) is 1. The molecule has 1 aliphatic rings. The van der Waals surface area contributed by atoms with E-state index in [0.29, 0.717) is 11.8 Å². The standard InChI is InChI=1S/C12H15BrO/c1-8(2)10-5-6-14-12-4-3-9(13)7-11(10)12/h3-4,7-8,10H,5-6H2,1-2H3. The molecule has 0 bridgehead atoms. The second-order valence-corrected chi connectivity index (χ2v) is 5.09. The van der Waals surface area contributed by atoms with Crippen LogP contribution in [-0.2, 0) is 0 Å². The van der Waals surface area contributed by atoms with Crippen LogP contribution in [-0.4, -0.2) is 6.61 Å². The minimum atomic E-state index is 0.649. The molecule has 0 N–H and O–H groups in total. The van der Waals surface area contributed by atoms with Crippen molar-refractivity contribution in [2.45, 2.75) is 26.2 Å². The maximum absolute atomic E-state index is 5.64. The van der Waals surface area contributed by atoms with E-state index in [9.17, 15) is 0 Å². The van der Waals surface area contributed by atoms with E-state index in [2.05, 4.69) is 41.9 Å². The van der Waals surface area contributed by atoms with Crippen molar-refractivity contribution in [2.24, 2.45) is 5.92 Å². The van der Waals surface area contributed by atoms with E-state index in [1.54, 1.807) is 0 Å². The molecule has 14 heavy (non-hydrogen) atoms. The number of hydrogen-bond acceptors (Lipinski definition) is 1. The topological polar surface area (TPSA) is 9.23 Å². The lowest BCUT2D eigenvalue weighted by atomic mass is 9.84. The molecule has 1 aromatic carbocycles. The van der Waals surface area contributed by atoms with Crippen molar-refractivity contribution < 1.29 is 4.74 Å². The predicted octanol–water partition coefficient (Wildman–Crippen LogP) is 3.97. The normalized spacial score (nSPS) is 20.4. The van der Waals surface area contributed by atoms with Gasteiger partial charge in [0.2, 0.25) is 0 Å². The fourth-order valence-corrected chi connectivity index (χ4v) is 2.46. The lowest BCUT2D eigenvalue weighted by Crippen LogP contribution is -2.18. The largest absolute Gasteiger partial charge is 0.493 e. The SMILES string of the molecule is CC(C)C1CCOc2ccc(Br)cc21. The molecule has 0 saturated carbocycles. The molecule has 76 valence electrons. The molecular formula is C12H15BrO. The molecule has 0 spiro atoms. The number of halogens is 1. The molecule has 1 aliphatic heterocycles. The van der Waals surface area contributed by atoms with Crippen LogP contribution in [0.15, 0.2) is 22.7 Å². The van der Waals surface area contributed by atoms with E-state index in [4.69, 9.17) is 4.74 Å². The Morgan fingerprint density at radius 2 is 2.21 bits per heavy atom. The van der Waals surface area contributed by atoms with Gasteiger partial charge in [-0.25, -0.2) is 0 Å². The van der Waals surface area contributed by atoms with Crippen molar-refractivity contribution in [3.8, 4) is 5.75 Å². The average molecular weight is 255 g/mol. The van der Waals surface area contributed by atoms with Gasteiger partial charge in [-0.2, -0.15) is 0 Å². The fraction of sp³-hybridized carbons (Fsp3) is 0.500. The summed E-state index contributed by atoms with van der Waals surface area (Å²) in [6, 6.07) is 6.30. The minimum absolute atomic E-state index is 0.649. The Hall–Kier alpha value is -0.500. The summed E-state index contributed by atoms with van der Waals surface area (Å²) in [5, 5.41) is 0. The first-order valence-electron chi connectivity index (χ1n) is 5.10. The van der Waals surface area contributed by atoms with Gasteiger partial charge >= 0.3 is 0 Å². The quantitative estimate of drug-likeness (QED) is 0.737. The Balaban J connectivity index is 2.41. The lowest BCUT2D eigenvalue weighted by Gasteiger charge is -2.28. The predicted molar refractivity (Wildman–Crippen MR) is 61.8 cm³/mol. The van der Waals surface area contributed by atoms with Crippen molar-refractivity contribution >= 4 is 15.9 Å². The van der Waals surface area contributed by atoms with Gasteiger partial charge in [0.15, 0.2) is 0 Å². The van der Waals surface area contributed by atoms with Crippen molar-refractivity contribution in [1.29, 1.82) is 0 Å². The van der Waals surface area contributed by atoms with Gasteiger partial charge in [-0.3, -0.25) is 0 Å². The van der Waals surface area contributed by atoms with Crippen molar-refractivity contribution in [2.75, 3.05) is 6.61 Å². The second kappa shape index (κ2) is 3.93. The molecule has 0 saturated heterocycles. The van der Waals surface area contributed by atoms with Crippen LogP contribution in [0.2, 0.25) is 0 Å². The molecule has 0 aromatic heterocycles. The van der Waals surface area contributed by atoms with Crippen molar-refractivity contribution in [3.63, 3.8) is 0 Å². The lowest BCUT2D eigenvalue weighted by molar-refractivity contribution is 0.247. The Bertz CT molecular complexity index is 333. The molecule has 1 atom stereocenters. The zero-order valence-corrected chi connectivity index (χ0v) is 10.2. The summed E-state index contributed by atoms with van der Waals surface area (Å²) in [4.78, 5) is 0. The highest BCUT2D eigenvalue weighted by Crippen LogP contribution is 2.39. The number of fused-ring (bicyclic) bond motifs is 1. The Morgan fingerprint density at radius 3 is 2.93 bits per heavy atom. The van der Waals surface area contributed by atoms with E-state index >= 15 is 0 Å². The third-order valence-electron chi connectivity index (χ3n) is 2.86. The van der Waals surface area contributed by atoms with E-state index in [-0.39, 0.29) is 0 Å². The van der Waals surface area contributed by atoms with E-state index in [1.165, 1.54) is 5.56 Å². The molecule has 0 fully saturated rings. The van der Waals surface area contributed by atoms with Gasteiger partial charge in [-0.15, -0.1) is 0 Å². The van der Waals surface area contributed by atoms with Crippen LogP contribution in [0.25, 0.3) is 0 Å². The summed E-state index contributed by atoms with van der Waals surface area (Å²) < 4.78 is 6.78. The van der Waals surface area contributed by atoms with Gasteiger partial charge in [-0.1, -0.05) is 29.8 Å². The third kappa shape index (κ3) is 1.81. The summed E-state index contributed by atoms with van der Waals surface area (Å²) >= 11 is 3.51. The van der Waals surface area contributed by atoms with Crippen LogP contribution in [0.3, 0.4) is 0 Å². The summed E-state index contributed by atoms with van der Waals surface area (Å²) in [5.74, 6) is 2.40. The first kappa shape index (κ1) is 10.0. The van der Waals surface area contributed by atoms with E-state index < -0.39 is 0 Å². The number of hydrogen-bond donors (Lipinski definition) is 0. The Labute approximate surface area is 93.6 Å². The molecule has 0 aliphatic carbocycles. The zero-order valence-electron chi connectivity index (χ0n) is 8.59. The van der Waals surface area contributed by atoms with Gasteiger partial charge in [0.05, 0.1) is 6.61 Å². The number of benzene rings is 1. The molecule has 2 rings (SSSR count). The molecule has 1 aromatic rings. The van der Waals surface area contributed by atoms with Crippen molar-refractivity contribution in [3.05, 3.63) is 28.2 Å². The molecule has 0 radical (unpaired) electrons. The van der Waals surface area contributed by atoms with E-state index in [0.717, 1.165) is 23.2 Å². The number of rotatable bonds is 1. The van der Waals surface area contributed by atoms with Crippen LogP contribution >= 0.6 is 15.9 Å². The highest BCUT2D eigenvalue weighted by atomic mass is 79.9. The third-order valence-corrected chi connectivity index (χ3v) is 3.36. The van der Waals surface area contributed by atoms with Gasteiger partial charge in [0.25, 0.3) is 0 Å². The summed E-state index contributed by atoms with van der Waals surface area (Å²) in [7, 11) is 0. The summed E-state index contributed by atoms with van der Waals surface area (Å²) in [6.45, 7) is 5.42. The van der Waals surface area contributed by atoms with Gasteiger partial charge in [-0.05, 0) is 42.0 Å². The van der Waals surface area contributed by atoms with Crippen molar-refractivity contribution in [1.82, 2.24) is 0 Å².